The number of aryl methyl sites for hydroxylation is 1. The summed E-state index contributed by atoms with van der Waals surface area (Å²) in [5.74, 6) is 0.0941. The number of anilines is 2. The van der Waals surface area contributed by atoms with Crippen LogP contribution in [-0.2, 0) is 17.6 Å². The average molecular weight is 354 g/mol. The van der Waals surface area contributed by atoms with Crippen LogP contribution < -0.4 is 10.2 Å². The van der Waals surface area contributed by atoms with Crippen molar-refractivity contribution < 1.29 is 9.18 Å². The quantitative estimate of drug-likeness (QED) is 0.918. The number of benzene rings is 1. The van der Waals surface area contributed by atoms with Crippen LogP contribution in [0.15, 0.2) is 30.5 Å². The Kier molecular flexibility index (Phi) is 4.82. The molecule has 136 valence electrons. The second-order valence-electron chi connectivity index (χ2n) is 7.10. The molecular weight excluding hydrogens is 331 g/mol. The van der Waals surface area contributed by atoms with Gasteiger partial charge in [0.25, 0.3) is 0 Å². The van der Waals surface area contributed by atoms with Gasteiger partial charge in [-0.1, -0.05) is 12.1 Å². The highest BCUT2D eigenvalue weighted by Crippen LogP contribution is 2.27. The predicted octanol–water partition coefficient (Wildman–Crippen LogP) is 3.35. The molecule has 2 heterocycles. The molecule has 1 atom stereocenters. The maximum absolute atomic E-state index is 13.7. The molecule has 1 aromatic carbocycles. The van der Waals surface area contributed by atoms with Crippen molar-refractivity contribution in [3.8, 4) is 0 Å². The van der Waals surface area contributed by atoms with Crippen molar-refractivity contribution in [3.63, 3.8) is 0 Å². The molecule has 1 N–H and O–H groups in total. The van der Waals surface area contributed by atoms with Crippen molar-refractivity contribution in [2.45, 2.75) is 38.5 Å². The number of hydrogen-bond donors (Lipinski definition) is 1. The van der Waals surface area contributed by atoms with Gasteiger partial charge in [-0.15, -0.1) is 0 Å². The second-order valence-corrected chi connectivity index (χ2v) is 7.10. The van der Waals surface area contributed by atoms with Gasteiger partial charge in [-0.25, -0.2) is 14.4 Å². The van der Waals surface area contributed by atoms with Crippen LogP contribution in [0.4, 0.5) is 16.0 Å². The molecule has 1 saturated heterocycles. The fourth-order valence-electron chi connectivity index (χ4n) is 3.76. The topological polar surface area (TPSA) is 58.1 Å². The number of hydrogen-bond acceptors (Lipinski definition) is 4. The summed E-state index contributed by atoms with van der Waals surface area (Å²) in [6.45, 7) is 2.04. The highest BCUT2D eigenvalue weighted by Gasteiger charge is 2.27. The number of nitrogens with one attached hydrogen (secondary N) is 1. The lowest BCUT2D eigenvalue weighted by Crippen LogP contribution is -2.32. The van der Waals surface area contributed by atoms with Crippen LogP contribution in [0.3, 0.4) is 0 Å². The first kappa shape index (κ1) is 16.9. The zero-order valence-corrected chi connectivity index (χ0v) is 14.7. The number of piperidine rings is 1. The zero-order valence-electron chi connectivity index (χ0n) is 14.7. The van der Waals surface area contributed by atoms with E-state index in [2.05, 4.69) is 15.2 Å². The standard InChI is InChI=1S/C20H23FN4O/c21-16-6-2-3-7-18(16)23-19(26)14-8-9-17-15(12-14)13-22-20(24-17)25-10-4-1-5-11-25/h2-3,6-7,13-14H,1,4-5,8-12H2,(H,23,26). The van der Waals surface area contributed by atoms with Gasteiger partial charge in [-0.2, -0.15) is 0 Å². The number of halogens is 1. The number of para-hydroxylation sites is 1. The van der Waals surface area contributed by atoms with Crippen molar-refractivity contribution >= 4 is 17.5 Å². The zero-order chi connectivity index (χ0) is 17.9. The molecule has 5 nitrogen and oxygen atoms in total. The summed E-state index contributed by atoms with van der Waals surface area (Å²) < 4.78 is 13.7. The molecule has 0 spiro atoms. The van der Waals surface area contributed by atoms with Crippen LogP contribution in [0, 0.1) is 11.7 Å². The van der Waals surface area contributed by atoms with E-state index in [4.69, 9.17) is 4.98 Å². The van der Waals surface area contributed by atoms with E-state index >= 15 is 0 Å². The molecule has 6 heteroatoms. The van der Waals surface area contributed by atoms with Gasteiger partial charge < -0.3 is 10.2 Å². The molecule has 26 heavy (non-hydrogen) atoms. The molecule has 1 aromatic heterocycles. The minimum Gasteiger partial charge on any atom is -0.341 e. The molecule has 0 saturated carbocycles. The van der Waals surface area contributed by atoms with Crippen molar-refractivity contribution in [1.82, 2.24) is 9.97 Å². The summed E-state index contributed by atoms with van der Waals surface area (Å²) in [5, 5.41) is 2.71. The molecule has 0 bridgehead atoms. The number of amides is 1. The smallest absolute Gasteiger partial charge is 0.227 e. The van der Waals surface area contributed by atoms with Crippen molar-refractivity contribution in [3.05, 3.63) is 47.5 Å². The van der Waals surface area contributed by atoms with Crippen molar-refractivity contribution in [2.75, 3.05) is 23.3 Å². The van der Waals surface area contributed by atoms with Crippen LogP contribution in [0.25, 0.3) is 0 Å². The molecule has 1 amide bonds. The molecule has 2 aliphatic rings. The van der Waals surface area contributed by atoms with Crippen LogP contribution in [0.2, 0.25) is 0 Å². The highest BCUT2D eigenvalue weighted by molar-refractivity contribution is 5.93. The monoisotopic (exact) mass is 354 g/mol. The summed E-state index contributed by atoms with van der Waals surface area (Å²) in [5.41, 5.74) is 2.32. The number of carbonyl (C=O) groups is 1. The molecule has 2 aromatic rings. The number of rotatable bonds is 3. The number of fused-ring (bicyclic) bond motifs is 1. The minimum atomic E-state index is -0.411. The first-order valence-corrected chi connectivity index (χ1v) is 9.36. The van der Waals surface area contributed by atoms with Gasteiger partial charge in [0, 0.05) is 30.9 Å². The highest BCUT2D eigenvalue weighted by atomic mass is 19.1. The van der Waals surface area contributed by atoms with Crippen LogP contribution in [-0.4, -0.2) is 29.0 Å². The maximum atomic E-state index is 13.7. The summed E-state index contributed by atoms with van der Waals surface area (Å²) >= 11 is 0. The third-order valence-corrected chi connectivity index (χ3v) is 5.28. The summed E-state index contributed by atoms with van der Waals surface area (Å²) in [6.07, 6.45) is 7.63. The lowest BCUT2D eigenvalue weighted by Gasteiger charge is -2.28. The Morgan fingerprint density at radius 3 is 2.81 bits per heavy atom. The molecule has 1 aliphatic heterocycles. The summed E-state index contributed by atoms with van der Waals surface area (Å²) in [7, 11) is 0. The van der Waals surface area contributed by atoms with Gasteiger partial charge in [-0.05, 0) is 56.2 Å². The van der Waals surface area contributed by atoms with Crippen LogP contribution in [0.1, 0.15) is 36.9 Å². The van der Waals surface area contributed by atoms with Crippen LogP contribution >= 0.6 is 0 Å². The van der Waals surface area contributed by atoms with E-state index in [0.717, 1.165) is 43.1 Å². The Balaban J connectivity index is 1.44. The first-order chi connectivity index (χ1) is 12.7. The Morgan fingerprint density at radius 1 is 1.19 bits per heavy atom. The third kappa shape index (κ3) is 3.54. The Bertz CT molecular complexity index is 804. The van der Waals surface area contributed by atoms with E-state index in [-0.39, 0.29) is 17.5 Å². The van der Waals surface area contributed by atoms with Gasteiger partial charge in [-0.3, -0.25) is 4.79 Å². The molecule has 4 rings (SSSR count). The SMILES string of the molecule is O=C(Nc1ccccc1F)C1CCc2nc(N3CCCCC3)ncc2C1. The van der Waals surface area contributed by atoms with Gasteiger partial charge in [0.05, 0.1) is 5.69 Å². The molecule has 1 aliphatic carbocycles. The third-order valence-electron chi connectivity index (χ3n) is 5.28. The fourth-order valence-corrected chi connectivity index (χ4v) is 3.76. The average Bonchev–Trinajstić information content (AvgIpc) is 2.69. The van der Waals surface area contributed by atoms with E-state index in [1.165, 1.54) is 25.3 Å². The van der Waals surface area contributed by atoms with Crippen LogP contribution in [0.5, 0.6) is 0 Å². The van der Waals surface area contributed by atoms with E-state index < -0.39 is 5.82 Å². The second kappa shape index (κ2) is 7.40. The van der Waals surface area contributed by atoms with Gasteiger partial charge in [0.15, 0.2) is 0 Å². The normalized spacial score (nSPS) is 19.7. The summed E-state index contributed by atoms with van der Waals surface area (Å²) in [4.78, 5) is 24.1. The largest absolute Gasteiger partial charge is 0.341 e. The van der Waals surface area contributed by atoms with E-state index in [0.29, 0.717) is 6.42 Å². The van der Waals surface area contributed by atoms with Gasteiger partial charge in [0.1, 0.15) is 5.82 Å². The van der Waals surface area contributed by atoms with E-state index in [1.54, 1.807) is 18.2 Å². The molecule has 1 unspecified atom stereocenters. The number of aromatic nitrogens is 2. The Hall–Kier alpha value is -2.50. The Labute approximate surface area is 152 Å². The minimum absolute atomic E-state index is 0.138. The number of carbonyl (C=O) groups excluding carboxylic acids is 1. The molecule has 0 radical (unpaired) electrons. The van der Waals surface area contributed by atoms with Gasteiger partial charge in [0.2, 0.25) is 11.9 Å². The fraction of sp³-hybridized carbons (Fsp3) is 0.450. The Morgan fingerprint density at radius 2 is 2.00 bits per heavy atom. The summed E-state index contributed by atoms with van der Waals surface area (Å²) in [6, 6.07) is 6.25. The van der Waals surface area contributed by atoms with E-state index in [1.807, 2.05) is 6.20 Å². The predicted molar refractivity (Wildman–Crippen MR) is 98.6 cm³/mol. The lowest BCUT2D eigenvalue weighted by molar-refractivity contribution is -0.120. The van der Waals surface area contributed by atoms with Gasteiger partial charge >= 0.3 is 0 Å². The maximum Gasteiger partial charge on any atom is 0.227 e. The molecule has 1 fully saturated rings. The van der Waals surface area contributed by atoms with Crippen molar-refractivity contribution in [1.29, 1.82) is 0 Å². The first-order valence-electron chi connectivity index (χ1n) is 9.36. The van der Waals surface area contributed by atoms with E-state index in [9.17, 15) is 9.18 Å². The molecular formula is C20H23FN4O. The van der Waals surface area contributed by atoms with Crippen molar-refractivity contribution in [2.24, 2.45) is 5.92 Å². The number of nitrogens with zero attached hydrogens (tertiary/aromatic N) is 3. The lowest BCUT2D eigenvalue weighted by atomic mass is 9.86.